The lowest BCUT2D eigenvalue weighted by atomic mass is 10.0. The number of rotatable bonds is 12. The molecule has 0 radical (unpaired) electrons. The summed E-state index contributed by atoms with van der Waals surface area (Å²) in [6, 6.07) is 40.3. The first kappa shape index (κ1) is 35.2. The highest BCUT2D eigenvalue weighted by Crippen LogP contribution is 2.35. The van der Waals surface area contributed by atoms with Gasteiger partial charge in [0.15, 0.2) is 31.8 Å². The molecule has 7 aromatic rings. The molecule has 12 nitrogen and oxygen atoms in total. The van der Waals surface area contributed by atoms with Gasteiger partial charge in [-0.1, -0.05) is 126 Å². The Balaban J connectivity index is 1.42. The normalized spacial score (nSPS) is 13.8. The van der Waals surface area contributed by atoms with E-state index in [1.54, 1.807) is 4.70 Å². The predicted molar refractivity (Wildman–Crippen MR) is 217 cm³/mol. The SMILES string of the molecule is S=C1NC(C(=C(c2n[nH]c(=S)n2Cc2ccccc2)c2n[nH]c(=S)n2Cc2ccccc2)c2n[nH]c(=S)n2Cc2ccccc2)N=[N+]1Cc1ccccc1. The molecule has 0 aliphatic carbocycles. The van der Waals surface area contributed by atoms with Crippen molar-refractivity contribution in [3.63, 3.8) is 0 Å². The molecule has 1 unspecified atom stereocenters. The minimum atomic E-state index is -0.748. The number of thiocarbonyl (C=S) groups is 1. The van der Waals surface area contributed by atoms with E-state index < -0.39 is 6.17 Å². The van der Waals surface area contributed by atoms with Crippen molar-refractivity contribution in [2.75, 3.05) is 0 Å². The minimum absolute atomic E-state index is 0.426. The third-order valence-corrected chi connectivity index (χ3v) is 10.2. The first-order valence-electron chi connectivity index (χ1n) is 17.1. The lowest BCUT2D eigenvalue weighted by molar-refractivity contribution is -0.490. The quantitative estimate of drug-likeness (QED) is 0.0745. The number of hydrogen-bond acceptors (Lipinski definition) is 8. The second kappa shape index (κ2) is 15.7. The number of aromatic amines is 3. The first-order chi connectivity index (χ1) is 26.4. The highest BCUT2D eigenvalue weighted by Gasteiger charge is 2.40. The Morgan fingerprint density at radius 2 is 0.889 bits per heavy atom. The van der Waals surface area contributed by atoms with Gasteiger partial charge in [0.1, 0.15) is 6.54 Å². The Hall–Kier alpha value is -5.81. The van der Waals surface area contributed by atoms with Crippen molar-refractivity contribution >= 4 is 65.1 Å². The maximum absolute atomic E-state index is 5.94. The van der Waals surface area contributed by atoms with Gasteiger partial charge < -0.3 is 0 Å². The summed E-state index contributed by atoms with van der Waals surface area (Å²) < 4.78 is 8.91. The third kappa shape index (κ3) is 7.36. The summed E-state index contributed by atoms with van der Waals surface area (Å²) in [6.07, 6.45) is -0.748. The van der Waals surface area contributed by atoms with E-state index in [9.17, 15) is 0 Å². The molecule has 4 heterocycles. The van der Waals surface area contributed by atoms with E-state index >= 15 is 0 Å². The number of azo groups is 2. The summed E-state index contributed by atoms with van der Waals surface area (Å²) in [5.41, 5.74) is 5.35. The monoisotopic (exact) mass is 785 g/mol. The molecular formula is C38H33N12S4+. The van der Waals surface area contributed by atoms with Gasteiger partial charge >= 0.3 is 5.11 Å². The van der Waals surface area contributed by atoms with Gasteiger partial charge in [-0.25, -0.2) is 5.32 Å². The van der Waals surface area contributed by atoms with Crippen LogP contribution in [0, 0.1) is 14.3 Å². The van der Waals surface area contributed by atoms with Crippen LogP contribution in [0.3, 0.4) is 0 Å². The van der Waals surface area contributed by atoms with Gasteiger partial charge in [0, 0.05) is 12.2 Å². The van der Waals surface area contributed by atoms with Crippen molar-refractivity contribution in [1.82, 2.24) is 49.6 Å². The summed E-state index contributed by atoms with van der Waals surface area (Å²) >= 11 is 23.6. The van der Waals surface area contributed by atoms with E-state index in [1.807, 2.05) is 135 Å². The zero-order valence-electron chi connectivity index (χ0n) is 28.7. The number of benzene rings is 4. The van der Waals surface area contributed by atoms with Crippen LogP contribution >= 0.6 is 48.9 Å². The van der Waals surface area contributed by atoms with Crippen LogP contribution in [-0.2, 0) is 26.2 Å². The number of aromatic nitrogens is 9. The molecule has 8 rings (SSSR count). The van der Waals surface area contributed by atoms with Crippen LogP contribution in [0.25, 0.3) is 11.1 Å². The lowest BCUT2D eigenvalue weighted by Crippen LogP contribution is -2.32. The van der Waals surface area contributed by atoms with Gasteiger partial charge in [0.25, 0.3) is 6.17 Å². The Morgan fingerprint density at radius 3 is 1.31 bits per heavy atom. The highest BCUT2D eigenvalue weighted by molar-refractivity contribution is 7.79. The molecule has 1 aliphatic rings. The van der Waals surface area contributed by atoms with Gasteiger partial charge in [-0.05, 0) is 58.9 Å². The van der Waals surface area contributed by atoms with Gasteiger partial charge in [-0.15, -0.1) is 4.70 Å². The fourth-order valence-electron chi connectivity index (χ4n) is 6.40. The number of nitrogens with one attached hydrogen (secondary N) is 4. The molecule has 4 N–H and O–H groups in total. The van der Waals surface area contributed by atoms with E-state index in [0.717, 1.165) is 22.3 Å². The third-order valence-electron chi connectivity index (χ3n) is 8.98. The largest absolute Gasteiger partial charge is 0.367 e. The summed E-state index contributed by atoms with van der Waals surface area (Å²) in [4.78, 5) is 0. The zero-order chi connectivity index (χ0) is 37.0. The second-order valence-corrected chi connectivity index (χ2v) is 14.1. The molecule has 268 valence electrons. The highest BCUT2D eigenvalue weighted by atomic mass is 32.1. The van der Waals surface area contributed by atoms with Crippen LogP contribution in [0.5, 0.6) is 0 Å². The Morgan fingerprint density at radius 1 is 0.519 bits per heavy atom. The maximum atomic E-state index is 5.94. The van der Waals surface area contributed by atoms with Crippen molar-refractivity contribution in [1.29, 1.82) is 0 Å². The molecule has 1 atom stereocenters. The predicted octanol–water partition coefficient (Wildman–Crippen LogP) is 7.43. The number of hydrogen-bond donors (Lipinski definition) is 4. The van der Waals surface area contributed by atoms with Crippen LogP contribution in [-0.4, -0.2) is 60.3 Å². The average Bonchev–Trinajstić information content (AvgIpc) is 3.95. The van der Waals surface area contributed by atoms with Crippen molar-refractivity contribution in [2.24, 2.45) is 5.11 Å². The molecule has 0 bridgehead atoms. The van der Waals surface area contributed by atoms with Gasteiger partial charge in [-0.2, -0.15) is 15.3 Å². The van der Waals surface area contributed by atoms with Gasteiger partial charge in [0.2, 0.25) is 0 Å². The molecule has 4 aromatic carbocycles. The molecule has 0 saturated carbocycles. The summed E-state index contributed by atoms with van der Waals surface area (Å²) in [7, 11) is 0. The average molecular weight is 786 g/mol. The van der Waals surface area contributed by atoms with E-state index in [0.29, 0.717) is 74.2 Å². The zero-order valence-corrected chi connectivity index (χ0v) is 31.9. The Kier molecular flexibility index (Phi) is 10.2. The van der Waals surface area contributed by atoms with Crippen molar-refractivity contribution in [3.05, 3.63) is 175 Å². The molecule has 3 aromatic heterocycles. The van der Waals surface area contributed by atoms with E-state index in [4.69, 9.17) is 69.3 Å². The molecule has 54 heavy (non-hydrogen) atoms. The van der Waals surface area contributed by atoms with Crippen LogP contribution in [0.15, 0.2) is 126 Å². The van der Waals surface area contributed by atoms with Crippen molar-refractivity contribution < 1.29 is 4.70 Å². The number of H-pyrrole nitrogens is 3. The molecule has 0 amide bonds. The minimum Gasteiger partial charge on any atom is -0.296 e. The summed E-state index contributed by atoms with van der Waals surface area (Å²) in [5.74, 6) is 1.53. The van der Waals surface area contributed by atoms with Crippen LogP contribution in [0.2, 0.25) is 0 Å². The molecule has 1 aliphatic heterocycles. The van der Waals surface area contributed by atoms with E-state index in [-0.39, 0.29) is 0 Å². The standard InChI is InChI=1S/C38H32N12S4/c51-35-39-31(46-50(35)24-28-19-11-4-12-20-28)29(32-40-43-36(52)47(32)21-25-13-5-1-6-14-25)30(33-41-44-37(53)48(33)22-26-15-7-2-8-16-26)34-42-45-38(54)49(34)23-27-17-9-3-10-18-27/h1-20,31,46H,21-24H2,(H2,39,44,45,51,53,54)/p+1. The van der Waals surface area contributed by atoms with Crippen molar-refractivity contribution in [3.8, 4) is 0 Å². The molecular weight excluding hydrogens is 753 g/mol. The molecule has 0 fully saturated rings. The Bertz CT molecular complexity index is 2570. The van der Waals surface area contributed by atoms with Crippen LogP contribution in [0.1, 0.15) is 39.7 Å². The molecule has 0 spiro atoms. The first-order valence-corrected chi connectivity index (χ1v) is 18.7. The van der Waals surface area contributed by atoms with Gasteiger partial charge in [-0.3, -0.25) is 29.0 Å². The Labute approximate surface area is 330 Å². The van der Waals surface area contributed by atoms with E-state index in [2.05, 4.69) is 20.6 Å². The van der Waals surface area contributed by atoms with Crippen molar-refractivity contribution in [2.45, 2.75) is 32.3 Å². The summed E-state index contributed by atoms with van der Waals surface area (Å²) in [6.45, 7) is 1.75. The smallest absolute Gasteiger partial charge is 0.296 e. The maximum Gasteiger partial charge on any atom is 0.367 e. The van der Waals surface area contributed by atoms with Crippen LogP contribution in [0.4, 0.5) is 0 Å². The summed E-state index contributed by atoms with van der Waals surface area (Å²) in [5, 5.41) is 32.9. The number of nitrogens with zero attached hydrogens (tertiary/aromatic N) is 8. The molecule has 16 heteroatoms. The lowest BCUT2D eigenvalue weighted by Gasteiger charge is -2.18. The van der Waals surface area contributed by atoms with Gasteiger partial charge in [0.05, 0.1) is 30.8 Å². The van der Waals surface area contributed by atoms with Crippen LogP contribution < -0.4 is 5.32 Å². The topological polar surface area (TPSA) is 128 Å². The van der Waals surface area contributed by atoms with E-state index in [1.165, 1.54) is 0 Å². The second-order valence-electron chi connectivity index (χ2n) is 12.6. The molecule has 0 saturated heterocycles. The fourth-order valence-corrected chi connectivity index (χ4v) is 7.21. The fraction of sp³-hybridized carbons (Fsp3) is 0.132.